The number of ether oxygens (including phenoxy) is 1. The van der Waals surface area contributed by atoms with E-state index in [1.54, 1.807) is 0 Å². The Kier molecular flexibility index (Phi) is 10.7. The van der Waals surface area contributed by atoms with E-state index in [2.05, 4.69) is 31.0 Å². The third-order valence-electron chi connectivity index (χ3n) is 4.20. The molecule has 0 heterocycles. The van der Waals surface area contributed by atoms with Crippen molar-refractivity contribution in [2.45, 2.75) is 78.3 Å². The second kappa shape index (κ2) is 11.0. The predicted molar refractivity (Wildman–Crippen MR) is 89.6 cm³/mol. The lowest BCUT2D eigenvalue weighted by atomic mass is 9.92. The zero-order valence-electron chi connectivity index (χ0n) is 15.0. The molecule has 0 aromatic rings. The summed E-state index contributed by atoms with van der Waals surface area (Å²) in [5.74, 6) is -0.148. The van der Waals surface area contributed by atoms with E-state index in [1.165, 1.54) is 25.7 Å². The van der Waals surface area contributed by atoms with E-state index in [0.717, 1.165) is 19.5 Å². The minimum atomic E-state index is -0.605. The molecule has 0 spiro atoms. The standard InChI is InChI=1S/C17H36N2O2/c1-7-10-12-19(13-11-8-2)15(4)14-17(5,18-6)16(20)21-9-3/h15,18H,7-14H2,1-6H3. The number of rotatable bonds is 12. The number of nitrogens with one attached hydrogen (secondary N) is 1. The fraction of sp³-hybridized carbons (Fsp3) is 0.941. The van der Waals surface area contributed by atoms with E-state index < -0.39 is 5.54 Å². The predicted octanol–water partition coefficient (Wildman–Crippen LogP) is 3.21. The molecule has 0 saturated heterocycles. The fourth-order valence-electron chi connectivity index (χ4n) is 2.57. The molecule has 0 aliphatic carbocycles. The summed E-state index contributed by atoms with van der Waals surface area (Å²) in [4.78, 5) is 14.7. The Morgan fingerprint density at radius 3 is 2.10 bits per heavy atom. The maximum absolute atomic E-state index is 12.2. The van der Waals surface area contributed by atoms with Crippen molar-refractivity contribution in [3.8, 4) is 0 Å². The molecule has 4 heteroatoms. The van der Waals surface area contributed by atoms with Gasteiger partial charge in [0, 0.05) is 6.04 Å². The van der Waals surface area contributed by atoms with E-state index in [-0.39, 0.29) is 5.97 Å². The van der Waals surface area contributed by atoms with Crippen LogP contribution in [-0.2, 0) is 9.53 Å². The number of carbonyl (C=O) groups is 1. The summed E-state index contributed by atoms with van der Waals surface area (Å²) in [6.45, 7) is 13.1. The van der Waals surface area contributed by atoms with Crippen molar-refractivity contribution in [1.29, 1.82) is 0 Å². The highest BCUT2D eigenvalue weighted by Gasteiger charge is 2.35. The zero-order valence-corrected chi connectivity index (χ0v) is 15.0. The van der Waals surface area contributed by atoms with Gasteiger partial charge in [-0.1, -0.05) is 26.7 Å². The number of nitrogens with zero attached hydrogens (tertiary/aromatic N) is 1. The van der Waals surface area contributed by atoms with Gasteiger partial charge in [-0.2, -0.15) is 0 Å². The normalized spacial score (nSPS) is 15.8. The monoisotopic (exact) mass is 300 g/mol. The Balaban J connectivity index is 4.73. The van der Waals surface area contributed by atoms with Gasteiger partial charge >= 0.3 is 5.97 Å². The molecule has 0 rings (SSSR count). The number of hydrogen-bond acceptors (Lipinski definition) is 4. The van der Waals surface area contributed by atoms with Crippen molar-refractivity contribution in [3.05, 3.63) is 0 Å². The zero-order chi connectivity index (χ0) is 16.3. The third-order valence-corrected chi connectivity index (χ3v) is 4.20. The van der Waals surface area contributed by atoms with Crippen LogP contribution in [0.25, 0.3) is 0 Å². The lowest BCUT2D eigenvalue weighted by molar-refractivity contribution is -0.151. The summed E-state index contributed by atoms with van der Waals surface area (Å²) < 4.78 is 5.22. The van der Waals surface area contributed by atoms with Crippen molar-refractivity contribution >= 4 is 5.97 Å². The molecule has 0 aliphatic rings. The molecule has 2 atom stereocenters. The molecule has 0 amide bonds. The lowest BCUT2D eigenvalue weighted by Gasteiger charge is -2.35. The number of hydrogen-bond donors (Lipinski definition) is 1. The highest BCUT2D eigenvalue weighted by Crippen LogP contribution is 2.19. The molecule has 0 bridgehead atoms. The summed E-state index contributed by atoms with van der Waals surface area (Å²) in [5, 5.41) is 3.16. The second-order valence-corrected chi connectivity index (χ2v) is 6.10. The van der Waals surface area contributed by atoms with Crippen molar-refractivity contribution in [3.63, 3.8) is 0 Å². The van der Waals surface area contributed by atoms with Crippen LogP contribution in [-0.4, -0.2) is 49.2 Å². The maximum Gasteiger partial charge on any atom is 0.326 e. The first-order chi connectivity index (χ1) is 9.95. The van der Waals surface area contributed by atoms with Crippen LogP contribution >= 0.6 is 0 Å². The molecule has 0 aromatic heterocycles. The van der Waals surface area contributed by atoms with Crippen LogP contribution in [0.4, 0.5) is 0 Å². The van der Waals surface area contributed by atoms with Gasteiger partial charge in [0.15, 0.2) is 0 Å². The Labute approximate surface area is 131 Å². The minimum absolute atomic E-state index is 0.148. The maximum atomic E-state index is 12.2. The van der Waals surface area contributed by atoms with Gasteiger partial charge in [-0.05, 0) is 60.2 Å². The van der Waals surface area contributed by atoms with Crippen LogP contribution < -0.4 is 5.32 Å². The van der Waals surface area contributed by atoms with Gasteiger partial charge in [-0.3, -0.25) is 4.79 Å². The molecule has 2 unspecified atom stereocenters. The Hall–Kier alpha value is -0.610. The van der Waals surface area contributed by atoms with E-state index in [0.29, 0.717) is 12.6 Å². The lowest BCUT2D eigenvalue weighted by Crippen LogP contribution is -2.53. The van der Waals surface area contributed by atoms with Crippen molar-refractivity contribution < 1.29 is 9.53 Å². The van der Waals surface area contributed by atoms with Gasteiger partial charge in [0.25, 0.3) is 0 Å². The van der Waals surface area contributed by atoms with Crippen molar-refractivity contribution in [2.75, 3.05) is 26.7 Å². The summed E-state index contributed by atoms with van der Waals surface area (Å²) >= 11 is 0. The number of esters is 1. The van der Waals surface area contributed by atoms with Gasteiger partial charge in [0.2, 0.25) is 0 Å². The molecule has 21 heavy (non-hydrogen) atoms. The van der Waals surface area contributed by atoms with Crippen LogP contribution in [0.15, 0.2) is 0 Å². The largest absolute Gasteiger partial charge is 0.465 e. The van der Waals surface area contributed by atoms with Gasteiger partial charge in [0.05, 0.1) is 6.61 Å². The Morgan fingerprint density at radius 2 is 1.71 bits per heavy atom. The van der Waals surface area contributed by atoms with Crippen molar-refractivity contribution in [2.24, 2.45) is 0 Å². The second-order valence-electron chi connectivity index (χ2n) is 6.10. The highest BCUT2D eigenvalue weighted by molar-refractivity contribution is 5.80. The summed E-state index contributed by atoms with van der Waals surface area (Å²) in [6, 6.07) is 0.366. The molecular weight excluding hydrogens is 264 g/mol. The average molecular weight is 300 g/mol. The van der Waals surface area contributed by atoms with E-state index >= 15 is 0 Å². The van der Waals surface area contributed by atoms with E-state index in [1.807, 2.05) is 20.9 Å². The van der Waals surface area contributed by atoms with Crippen molar-refractivity contribution in [1.82, 2.24) is 10.2 Å². The quantitative estimate of drug-likeness (QED) is 0.562. The van der Waals surface area contributed by atoms with Crippen LogP contribution in [0.5, 0.6) is 0 Å². The molecule has 0 aliphatic heterocycles. The summed E-state index contributed by atoms with van der Waals surface area (Å²) in [7, 11) is 1.84. The van der Waals surface area contributed by atoms with Gasteiger partial charge < -0.3 is 15.0 Å². The van der Waals surface area contributed by atoms with Crippen LogP contribution in [0.3, 0.4) is 0 Å². The smallest absolute Gasteiger partial charge is 0.326 e. The fourth-order valence-corrected chi connectivity index (χ4v) is 2.57. The van der Waals surface area contributed by atoms with Crippen LogP contribution in [0, 0.1) is 0 Å². The third kappa shape index (κ3) is 7.28. The van der Waals surface area contributed by atoms with Gasteiger partial charge in [-0.15, -0.1) is 0 Å². The summed E-state index contributed by atoms with van der Waals surface area (Å²) in [6.07, 6.45) is 5.61. The molecule has 4 nitrogen and oxygen atoms in total. The van der Waals surface area contributed by atoms with E-state index in [9.17, 15) is 4.79 Å². The summed E-state index contributed by atoms with van der Waals surface area (Å²) in [5.41, 5.74) is -0.605. The highest BCUT2D eigenvalue weighted by atomic mass is 16.5. The van der Waals surface area contributed by atoms with E-state index in [4.69, 9.17) is 4.74 Å². The first kappa shape index (κ1) is 20.4. The first-order valence-electron chi connectivity index (χ1n) is 8.55. The van der Waals surface area contributed by atoms with Crippen LogP contribution in [0.1, 0.15) is 66.7 Å². The molecule has 0 fully saturated rings. The molecule has 0 radical (unpaired) electrons. The SMILES string of the molecule is CCCCN(CCCC)C(C)CC(C)(NC)C(=O)OCC. The molecular formula is C17H36N2O2. The number of carbonyl (C=O) groups excluding carboxylic acids is 1. The molecule has 0 aromatic carbocycles. The van der Waals surface area contributed by atoms with Crippen LogP contribution in [0.2, 0.25) is 0 Å². The minimum Gasteiger partial charge on any atom is -0.465 e. The molecule has 126 valence electrons. The number of unbranched alkanes of at least 4 members (excludes halogenated alkanes) is 2. The Bertz CT molecular complexity index is 276. The number of likely N-dealkylation sites (N-methyl/N-ethyl adjacent to an activating group) is 1. The molecule has 0 saturated carbocycles. The topological polar surface area (TPSA) is 41.6 Å². The average Bonchev–Trinajstić information content (AvgIpc) is 2.47. The van der Waals surface area contributed by atoms with Gasteiger partial charge in [-0.25, -0.2) is 0 Å². The van der Waals surface area contributed by atoms with Gasteiger partial charge in [0.1, 0.15) is 5.54 Å². The first-order valence-corrected chi connectivity index (χ1v) is 8.55. The molecule has 1 N–H and O–H groups in total. The Morgan fingerprint density at radius 1 is 1.19 bits per heavy atom.